The summed E-state index contributed by atoms with van der Waals surface area (Å²) in [6.07, 6.45) is 5.24. The molecule has 1 heterocycles. The monoisotopic (exact) mass is 265 g/mol. The largest absolute Gasteiger partial charge is 0.465 e. The van der Waals surface area contributed by atoms with Crippen LogP contribution in [0.5, 0.6) is 0 Å². The Kier molecular flexibility index (Phi) is 3.81. The number of anilines is 1. The van der Waals surface area contributed by atoms with Crippen molar-refractivity contribution in [1.82, 2.24) is 0 Å². The third-order valence-corrected chi connectivity index (χ3v) is 4.19. The predicted molar refractivity (Wildman–Crippen MR) is 71.1 cm³/mol. The van der Waals surface area contributed by atoms with Gasteiger partial charge in [-0.05, 0) is 37.3 Å². The Balaban J connectivity index is 2.44. The summed E-state index contributed by atoms with van der Waals surface area (Å²) >= 11 is 1.47. The summed E-state index contributed by atoms with van der Waals surface area (Å²) in [5.41, 5.74) is 1.56. The zero-order chi connectivity index (χ0) is 13.1. The molecule has 1 aromatic heterocycles. The molecule has 0 saturated carbocycles. The lowest BCUT2D eigenvalue weighted by Gasteiger charge is -2.11. The first-order chi connectivity index (χ1) is 8.67. The summed E-state index contributed by atoms with van der Waals surface area (Å²) in [5.74, 6) is -0.687. The van der Waals surface area contributed by atoms with Crippen molar-refractivity contribution in [2.24, 2.45) is 0 Å². The van der Waals surface area contributed by atoms with Gasteiger partial charge in [0.2, 0.25) is 5.91 Å². The smallest absolute Gasteiger partial charge is 0.341 e. The summed E-state index contributed by atoms with van der Waals surface area (Å²) in [5, 5.41) is 3.28. The van der Waals surface area contributed by atoms with Crippen LogP contribution < -0.4 is 5.32 Å². The van der Waals surface area contributed by atoms with Crippen molar-refractivity contribution in [3.8, 4) is 0 Å². The molecule has 0 atom stereocenters. The van der Waals surface area contributed by atoms with E-state index >= 15 is 0 Å². The van der Waals surface area contributed by atoms with Gasteiger partial charge in [0.25, 0.3) is 0 Å². The van der Waals surface area contributed by atoms with Gasteiger partial charge in [0.05, 0.1) is 12.7 Å². The Morgan fingerprint density at radius 1 is 1.39 bits per heavy atom. The Labute approximate surface area is 110 Å². The van der Waals surface area contributed by atoms with Gasteiger partial charge in [-0.25, -0.2) is 4.79 Å². The fourth-order valence-electron chi connectivity index (χ4n) is 2.13. The normalized spacial score (nSPS) is 13.6. The molecule has 18 heavy (non-hydrogen) atoms. The molecule has 4 nitrogen and oxygen atoms in total. The highest BCUT2D eigenvalue weighted by molar-refractivity contribution is 7.17. The minimum absolute atomic E-state index is 0.307. The van der Waals surface area contributed by atoms with E-state index in [-0.39, 0.29) is 11.9 Å². The number of rotatable bonds is 3. The molecule has 0 aromatic carbocycles. The fraction of sp³-hybridized carbons (Fsp3) is 0.385. The van der Waals surface area contributed by atoms with Gasteiger partial charge in [0.15, 0.2) is 0 Å². The molecule has 1 amide bonds. The highest BCUT2D eigenvalue weighted by Gasteiger charge is 2.26. The maximum absolute atomic E-state index is 11.8. The molecule has 0 saturated heterocycles. The molecule has 1 N–H and O–H groups in total. The number of ether oxygens (including phenoxy) is 1. The molecule has 1 aliphatic rings. The van der Waals surface area contributed by atoms with Crippen LogP contribution in [0.1, 0.15) is 33.6 Å². The highest BCUT2D eigenvalue weighted by atomic mass is 32.1. The molecule has 1 aromatic rings. The van der Waals surface area contributed by atoms with Gasteiger partial charge in [-0.2, -0.15) is 0 Å². The highest BCUT2D eigenvalue weighted by Crippen LogP contribution is 2.38. The average molecular weight is 265 g/mol. The van der Waals surface area contributed by atoms with Crippen LogP contribution in [-0.4, -0.2) is 19.0 Å². The van der Waals surface area contributed by atoms with Crippen LogP contribution in [0.2, 0.25) is 0 Å². The van der Waals surface area contributed by atoms with E-state index in [0.29, 0.717) is 10.6 Å². The number of fused-ring (bicyclic) bond motifs is 1. The van der Waals surface area contributed by atoms with Crippen molar-refractivity contribution in [3.63, 3.8) is 0 Å². The molecule has 1 aliphatic carbocycles. The standard InChI is InChI=1S/C13H15NO3S/c1-3-10(15)14-12-11(13(16)17-2)8-6-4-5-7-9(8)18-12/h3H,1,4-7H2,2H3,(H,14,15). The van der Waals surface area contributed by atoms with Gasteiger partial charge < -0.3 is 10.1 Å². The second-order valence-corrected chi connectivity index (χ2v) is 5.21. The van der Waals surface area contributed by atoms with Crippen LogP contribution in [0.4, 0.5) is 5.00 Å². The van der Waals surface area contributed by atoms with Gasteiger partial charge in [0.1, 0.15) is 5.00 Å². The number of amides is 1. The number of carbonyl (C=O) groups excluding carboxylic acids is 2. The molecule has 0 fully saturated rings. The lowest BCUT2D eigenvalue weighted by atomic mass is 9.95. The van der Waals surface area contributed by atoms with E-state index in [0.717, 1.165) is 31.2 Å². The van der Waals surface area contributed by atoms with E-state index in [9.17, 15) is 9.59 Å². The molecule has 0 aliphatic heterocycles. The summed E-state index contributed by atoms with van der Waals surface area (Å²) in [4.78, 5) is 24.4. The fourth-order valence-corrected chi connectivity index (χ4v) is 3.42. The zero-order valence-corrected chi connectivity index (χ0v) is 11.1. The summed E-state index contributed by atoms with van der Waals surface area (Å²) < 4.78 is 4.81. The summed E-state index contributed by atoms with van der Waals surface area (Å²) in [6.45, 7) is 3.41. The number of esters is 1. The zero-order valence-electron chi connectivity index (χ0n) is 10.2. The van der Waals surface area contributed by atoms with Crippen molar-refractivity contribution in [3.05, 3.63) is 28.7 Å². The number of methoxy groups -OCH3 is 1. The number of hydrogen-bond donors (Lipinski definition) is 1. The molecule has 0 unspecified atom stereocenters. The second kappa shape index (κ2) is 5.35. The Bertz CT molecular complexity index is 505. The predicted octanol–water partition coefficient (Wildman–Crippen LogP) is 2.54. The van der Waals surface area contributed by atoms with Gasteiger partial charge in [0, 0.05) is 4.88 Å². The third-order valence-electron chi connectivity index (χ3n) is 2.98. The van der Waals surface area contributed by atoms with Crippen molar-refractivity contribution >= 4 is 28.2 Å². The quantitative estimate of drug-likeness (QED) is 0.675. The Morgan fingerprint density at radius 2 is 2.11 bits per heavy atom. The Hall–Kier alpha value is -1.62. The lowest BCUT2D eigenvalue weighted by Crippen LogP contribution is -2.12. The first kappa shape index (κ1) is 12.8. The van der Waals surface area contributed by atoms with Gasteiger partial charge in [-0.1, -0.05) is 6.58 Å². The Morgan fingerprint density at radius 3 is 2.78 bits per heavy atom. The van der Waals surface area contributed by atoms with Crippen LogP contribution in [0.3, 0.4) is 0 Å². The van der Waals surface area contributed by atoms with Crippen LogP contribution in [-0.2, 0) is 22.4 Å². The summed E-state index contributed by atoms with van der Waals surface area (Å²) in [6, 6.07) is 0. The molecule has 5 heteroatoms. The molecule has 0 spiro atoms. The van der Waals surface area contributed by atoms with E-state index < -0.39 is 0 Å². The van der Waals surface area contributed by atoms with Crippen LogP contribution in [0, 0.1) is 0 Å². The molecule has 96 valence electrons. The maximum atomic E-state index is 11.8. The van der Waals surface area contributed by atoms with E-state index in [1.54, 1.807) is 0 Å². The number of thiophene rings is 1. The van der Waals surface area contributed by atoms with Crippen molar-refractivity contribution in [1.29, 1.82) is 0 Å². The average Bonchev–Trinajstić information content (AvgIpc) is 2.75. The summed E-state index contributed by atoms with van der Waals surface area (Å²) in [7, 11) is 1.36. The topological polar surface area (TPSA) is 55.4 Å². The SMILES string of the molecule is C=CC(=O)Nc1sc2c(c1C(=O)OC)CCCC2. The van der Waals surface area contributed by atoms with E-state index in [2.05, 4.69) is 11.9 Å². The molecule has 2 rings (SSSR count). The minimum atomic E-state index is -0.381. The van der Waals surface area contributed by atoms with Crippen molar-refractivity contribution < 1.29 is 14.3 Å². The molecular formula is C13H15NO3S. The molecule has 0 bridgehead atoms. The first-order valence-electron chi connectivity index (χ1n) is 5.83. The third kappa shape index (κ3) is 2.31. The van der Waals surface area contributed by atoms with Crippen LogP contribution in [0.15, 0.2) is 12.7 Å². The minimum Gasteiger partial charge on any atom is -0.465 e. The van der Waals surface area contributed by atoms with E-state index in [1.165, 1.54) is 29.4 Å². The number of carbonyl (C=O) groups is 2. The van der Waals surface area contributed by atoms with Gasteiger partial charge >= 0.3 is 5.97 Å². The van der Waals surface area contributed by atoms with Crippen molar-refractivity contribution in [2.75, 3.05) is 12.4 Å². The van der Waals surface area contributed by atoms with E-state index in [1.807, 2.05) is 0 Å². The molecular weight excluding hydrogens is 250 g/mol. The number of hydrogen-bond acceptors (Lipinski definition) is 4. The first-order valence-corrected chi connectivity index (χ1v) is 6.65. The van der Waals surface area contributed by atoms with Gasteiger partial charge in [-0.3, -0.25) is 4.79 Å². The van der Waals surface area contributed by atoms with Gasteiger partial charge in [-0.15, -0.1) is 11.3 Å². The number of nitrogens with one attached hydrogen (secondary N) is 1. The molecule has 0 radical (unpaired) electrons. The van der Waals surface area contributed by atoms with Crippen LogP contribution in [0.25, 0.3) is 0 Å². The van der Waals surface area contributed by atoms with Crippen molar-refractivity contribution in [2.45, 2.75) is 25.7 Å². The van der Waals surface area contributed by atoms with E-state index in [4.69, 9.17) is 4.74 Å². The van der Waals surface area contributed by atoms with Crippen LogP contribution >= 0.6 is 11.3 Å². The number of aryl methyl sites for hydroxylation is 1. The maximum Gasteiger partial charge on any atom is 0.341 e. The second-order valence-electron chi connectivity index (χ2n) is 4.10. The lowest BCUT2D eigenvalue weighted by molar-refractivity contribution is -0.111.